The van der Waals surface area contributed by atoms with E-state index >= 15 is 0 Å². The Hall–Kier alpha value is -2.40. The van der Waals surface area contributed by atoms with Crippen LogP contribution in [0.1, 0.15) is 28.8 Å². The molecule has 1 aliphatic rings. The van der Waals surface area contributed by atoms with Gasteiger partial charge in [-0.2, -0.15) is 0 Å². The van der Waals surface area contributed by atoms with E-state index in [4.69, 9.17) is 0 Å². The Labute approximate surface area is 149 Å². The minimum Gasteiger partial charge on any atom is -0.363 e. The maximum absolute atomic E-state index is 12.4. The predicted octanol–water partition coefficient (Wildman–Crippen LogP) is 2.54. The number of nitrogens with zero attached hydrogens (tertiary/aromatic N) is 3. The van der Waals surface area contributed by atoms with E-state index in [0.29, 0.717) is 5.56 Å². The molecule has 1 aromatic carbocycles. The molecule has 3 rings (SSSR count). The van der Waals surface area contributed by atoms with Crippen molar-refractivity contribution >= 4 is 11.7 Å². The van der Waals surface area contributed by atoms with Gasteiger partial charge in [0, 0.05) is 46.0 Å². The normalized spacial score (nSPS) is 15.8. The third kappa shape index (κ3) is 4.79. The van der Waals surface area contributed by atoms with Crippen molar-refractivity contribution in [3.05, 3.63) is 59.8 Å². The lowest BCUT2D eigenvalue weighted by atomic mass is 10.0. The summed E-state index contributed by atoms with van der Waals surface area (Å²) in [5, 5.41) is 3.15. The van der Waals surface area contributed by atoms with Crippen molar-refractivity contribution in [3.63, 3.8) is 0 Å². The minimum atomic E-state index is -0.0284. The van der Waals surface area contributed by atoms with E-state index in [9.17, 15) is 4.79 Å². The van der Waals surface area contributed by atoms with Crippen LogP contribution in [0.2, 0.25) is 0 Å². The van der Waals surface area contributed by atoms with Gasteiger partial charge in [0.25, 0.3) is 5.91 Å². The fourth-order valence-electron chi connectivity index (χ4n) is 3.13. The molecular formula is C20H26N4O. The summed E-state index contributed by atoms with van der Waals surface area (Å²) < 4.78 is 0. The van der Waals surface area contributed by atoms with Crippen LogP contribution in [-0.2, 0) is 6.54 Å². The second-order valence-corrected chi connectivity index (χ2v) is 6.81. The lowest BCUT2D eigenvalue weighted by Gasteiger charge is -2.32. The first-order valence-corrected chi connectivity index (χ1v) is 8.82. The molecular weight excluding hydrogens is 312 g/mol. The smallest absolute Gasteiger partial charge is 0.253 e. The number of carbonyl (C=O) groups excluding carboxylic acids is 1. The molecule has 0 unspecified atom stereocenters. The Morgan fingerprint density at radius 2 is 1.88 bits per heavy atom. The van der Waals surface area contributed by atoms with Crippen LogP contribution in [0.15, 0.2) is 48.7 Å². The van der Waals surface area contributed by atoms with E-state index in [1.807, 2.05) is 37.2 Å². The summed E-state index contributed by atoms with van der Waals surface area (Å²) in [5.41, 5.74) is 1.97. The van der Waals surface area contributed by atoms with Gasteiger partial charge in [-0.3, -0.25) is 9.69 Å². The Balaban J connectivity index is 1.47. The highest BCUT2D eigenvalue weighted by atomic mass is 16.1. The molecule has 5 heteroatoms. The number of hydrogen-bond acceptors (Lipinski definition) is 4. The van der Waals surface area contributed by atoms with Gasteiger partial charge in [-0.1, -0.05) is 30.3 Å². The van der Waals surface area contributed by atoms with Gasteiger partial charge in [0.2, 0.25) is 0 Å². The van der Waals surface area contributed by atoms with Crippen molar-refractivity contribution in [1.29, 1.82) is 0 Å². The quantitative estimate of drug-likeness (QED) is 0.910. The molecule has 0 aliphatic carbocycles. The van der Waals surface area contributed by atoms with Gasteiger partial charge in [0.1, 0.15) is 5.82 Å². The first kappa shape index (κ1) is 17.4. The van der Waals surface area contributed by atoms with Crippen LogP contribution >= 0.6 is 0 Å². The lowest BCUT2D eigenvalue weighted by molar-refractivity contribution is 0.0908. The number of aromatic nitrogens is 1. The van der Waals surface area contributed by atoms with Crippen LogP contribution in [0, 0.1) is 0 Å². The Morgan fingerprint density at radius 3 is 2.48 bits per heavy atom. The molecule has 1 fully saturated rings. The summed E-state index contributed by atoms with van der Waals surface area (Å²) >= 11 is 0. The summed E-state index contributed by atoms with van der Waals surface area (Å²) in [6, 6.07) is 14.5. The number of nitrogens with one attached hydrogen (secondary N) is 1. The summed E-state index contributed by atoms with van der Waals surface area (Å²) in [6.07, 6.45) is 3.62. The zero-order chi connectivity index (χ0) is 17.6. The molecule has 1 amide bonds. The number of carbonyl (C=O) groups is 1. The van der Waals surface area contributed by atoms with Gasteiger partial charge in [0.15, 0.2) is 0 Å². The third-order valence-corrected chi connectivity index (χ3v) is 4.64. The first-order chi connectivity index (χ1) is 12.1. The molecule has 0 atom stereocenters. The molecule has 0 saturated carbocycles. The molecule has 132 valence electrons. The number of hydrogen-bond donors (Lipinski definition) is 1. The molecule has 2 heterocycles. The first-order valence-electron chi connectivity index (χ1n) is 8.82. The number of benzene rings is 1. The highest BCUT2D eigenvalue weighted by Crippen LogP contribution is 2.15. The monoisotopic (exact) mass is 338 g/mol. The molecule has 5 nitrogen and oxygen atoms in total. The minimum absolute atomic E-state index is 0.0284. The van der Waals surface area contributed by atoms with Gasteiger partial charge in [-0.25, -0.2) is 4.98 Å². The zero-order valence-corrected chi connectivity index (χ0v) is 15.0. The van der Waals surface area contributed by atoms with Gasteiger partial charge in [0.05, 0.1) is 5.56 Å². The zero-order valence-electron chi connectivity index (χ0n) is 15.0. The van der Waals surface area contributed by atoms with Crippen molar-refractivity contribution in [3.8, 4) is 0 Å². The Morgan fingerprint density at radius 1 is 1.16 bits per heavy atom. The fraction of sp³-hybridized carbons (Fsp3) is 0.400. The van der Waals surface area contributed by atoms with Gasteiger partial charge in [-0.05, 0) is 30.5 Å². The largest absolute Gasteiger partial charge is 0.363 e. The van der Waals surface area contributed by atoms with Crippen molar-refractivity contribution in [2.75, 3.05) is 32.1 Å². The van der Waals surface area contributed by atoms with Crippen molar-refractivity contribution < 1.29 is 4.79 Å². The maximum Gasteiger partial charge on any atom is 0.253 e. The lowest BCUT2D eigenvalue weighted by Crippen LogP contribution is -2.44. The number of piperidine rings is 1. The van der Waals surface area contributed by atoms with Crippen LogP contribution in [0.3, 0.4) is 0 Å². The van der Waals surface area contributed by atoms with E-state index in [2.05, 4.69) is 39.5 Å². The van der Waals surface area contributed by atoms with Crippen molar-refractivity contribution in [2.24, 2.45) is 0 Å². The van der Waals surface area contributed by atoms with Crippen LogP contribution in [0.5, 0.6) is 0 Å². The number of likely N-dealkylation sites (tertiary alicyclic amines) is 1. The maximum atomic E-state index is 12.4. The van der Waals surface area contributed by atoms with Gasteiger partial charge in [-0.15, -0.1) is 0 Å². The van der Waals surface area contributed by atoms with E-state index in [1.165, 1.54) is 5.56 Å². The highest BCUT2D eigenvalue weighted by molar-refractivity contribution is 5.94. The summed E-state index contributed by atoms with van der Waals surface area (Å²) in [4.78, 5) is 21.1. The second kappa shape index (κ2) is 8.12. The average molecular weight is 338 g/mol. The SMILES string of the molecule is CN(C)c1ccc(C(=O)NC2CCN(Cc3ccccc3)CC2)cn1. The van der Waals surface area contributed by atoms with E-state index in [0.717, 1.165) is 38.3 Å². The molecule has 0 bridgehead atoms. The van der Waals surface area contributed by atoms with Crippen LogP contribution < -0.4 is 10.2 Å². The van der Waals surface area contributed by atoms with Gasteiger partial charge < -0.3 is 10.2 Å². The van der Waals surface area contributed by atoms with E-state index in [1.54, 1.807) is 6.20 Å². The van der Waals surface area contributed by atoms with Gasteiger partial charge >= 0.3 is 0 Å². The molecule has 1 aromatic heterocycles. The Kier molecular flexibility index (Phi) is 5.66. The summed E-state index contributed by atoms with van der Waals surface area (Å²) in [5.74, 6) is 0.824. The van der Waals surface area contributed by atoms with Crippen molar-refractivity contribution in [1.82, 2.24) is 15.2 Å². The Bertz CT molecular complexity index is 677. The molecule has 2 aromatic rings. The molecule has 1 saturated heterocycles. The number of anilines is 1. The second-order valence-electron chi connectivity index (χ2n) is 6.81. The standard InChI is InChI=1S/C20H26N4O/c1-23(2)19-9-8-17(14-21-19)20(25)22-18-10-12-24(13-11-18)15-16-6-4-3-5-7-16/h3-9,14,18H,10-13,15H2,1-2H3,(H,22,25). The number of amides is 1. The average Bonchev–Trinajstić information content (AvgIpc) is 2.64. The third-order valence-electron chi connectivity index (χ3n) is 4.64. The van der Waals surface area contributed by atoms with E-state index < -0.39 is 0 Å². The number of pyridine rings is 1. The fourth-order valence-corrected chi connectivity index (χ4v) is 3.13. The van der Waals surface area contributed by atoms with E-state index in [-0.39, 0.29) is 11.9 Å². The topological polar surface area (TPSA) is 48.5 Å². The molecule has 1 N–H and O–H groups in total. The van der Waals surface area contributed by atoms with Crippen LogP contribution in [-0.4, -0.2) is 49.0 Å². The molecule has 1 aliphatic heterocycles. The highest BCUT2D eigenvalue weighted by Gasteiger charge is 2.21. The van der Waals surface area contributed by atoms with Crippen molar-refractivity contribution in [2.45, 2.75) is 25.4 Å². The molecule has 25 heavy (non-hydrogen) atoms. The predicted molar refractivity (Wildman–Crippen MR) is 101 cm³/mol. The summed E-state index contributed by atoms with van der Waals surface area (Å²) in [6.45, 7) is 3.01. The van der Waals surface area contributed by atoms with Crippen LogP contribution in [0.4, 0.5) is 5.82 Å². The molecule has 0 spiro atoms. The van der Waals surface area contributed by atoms with Crippen LogP contribution in [0.25, 0.3) is 0 Å². The summed E-state index contributed by atoms with van der Waals surface area (Å²) in [7, 11) is 3.87. The molecule has 0 radical (unpaired) electrons. The number of rotatable bonds is 5.